The molecule has 0 aliphatic carbocycles. The first-order chi connectivity index (χ1) is 5.65. The number of hydrogen-bond acceptors (Lipinski definition) is 3. The van der Waals surface area contributed by atoms with Crippen molar-refractivity contribution in [2.75, 3.05) is 34.5 Å². The molecule has 3 heteroatoms. The lowest BCUT2D eigenvalue weighted by molar-refractivity contribution is -0.0503. The van der Waals surface area contributed by atoms with Crippen molar-refractivity contribution in [3.63, 3.8) is 0 Å². The van der Waals surface area contributed by atoms with E-state index in [1.165, 1.54) is 12.8 Å². The van der Waals surface area contributed by atoms with Crippen molar-refractivity contribution < 1.29 is 0 Å². The molecule has 0 N–H and O–H groups in total. The Bertz CT molecular complexity index is 126. The molecule has 12 heavy (non-hydrogen) atoms. The van der Waals surface area contributed by atoms with E-state index in [-0.39, 0.29) is 0 Å². The molecule has 0 aromatic heterocycles. The van der Waals surface area contributed by atoms with Gasteiger partial charge >= 0.3 is 0 Å². The first-order valence-corrected chi connectivity index (χ1v) is 4.74. The second kappa shape index (κ2) is 4.21. The summed E-state index contributed by atoms with van der Waals surface area (Å²) in [6, 6.07) is 0. The van der Waals surface area contributed by atoms with Crippen molar-refractivity contribution in [2.45, 2.75) is 25.9 Å². The van der Waals surface area contributed by atoms with Crippen LogP contribution in [0.5, 0.6) is 0 Å². The summed E-state index contributed by atoms with van der Waals surface area (Å²) in [5.74, 6) is 0. The van der Waals surface area contributed by atoms with Crippen LogP contribution >= 0.6 is 0 Å². The maximum absolute atomic E-state index is 2.41. The third-order valence-corrected chi connectivity index (χ3v) is 2.49. The Morgan fingerprint density at radius 2 is 1.58 bits per heavy atom. The van der Waals surface area contributed by atoms with Crippen LogP contribution in [0.15, 0.2) is 0 Å². The topological polar surface area (TPSA) is 9.72 Å². The summed E-state index contributed by atoms with van der Waals surface area (Å²) < 4.78 is 0. The van der Waals surface area contributed by atoms with E-state index in [4.69, 9.17) is 0 Å². The number of nitrogens with zero attached hydrogens (tertiary/aromatic N) is 3. The lowest BCUT2D eigenvalue weighted by Gasteiger charge is -2.44. The van der Waals surface area contributed by atoms with E-state index in [1.807, 2.05) is 0 Å². The summed E-state index contributed by atoms with van der Waals surface area (Å²) in [6.07, 6.45) is 3.19. The summed E-state index contributed by atoms with van der Waals surface area (Å²) in [7, 11) is 6.56. The molecule has 1 fully saturated rings. The second-order valence-corrected chi connectivity index (χ2v) is 3.92. The molecule has 1 heterocycles. The van der Waals surface area contributed by atoms with Crippen LogP contribution in [0.25, 0.3) is 0 Å². The van der Waals surface area contributed by atoms with Crippen LogP contribution in [-0.2, 0) is 0 Å². The summed E-state index contributed by atoms with van der Waals surface area (Å²) in [6.45, 7) is 4.43. The van der Waals surface area contributed by atoms with Crippen molar-refractivity contribution in [1.29, 1.82) is 0 Å². The lowest BCUT2D eigenvalue weighted by atomic mass is 10.2. The largest absolute Gasteiger partial charge is 0.280 e. The molecule has 1 aliphatic heterocycles. The fourth-order valence-electron chi connectivity index (χ4n) is 2.03. The molecule has 0 atom stereocenters. The first-order valence-electron chi connectivity index (χ1n) is 4.74. The van der Waals surface area contributed by atoms with Crippen LogP contribution in [0.1, 0.15) is 19.8 Å². The molecule has 1 rings (SSSR count). The predicted octanol–water partition coefficient (Wildman–Crippen LogP) is 0.837. The average molecular weight is 171 g/mol. The molecule has 0 saturated carbocycles. The minimum Gasteiger partial charge on any atom is -0.280 e. The maximum Gasteiger partial charge on any atom is 0.0638 e. The van der Waals surface area contributed by atoms with Gasteiger partial charge < -0.3 is 0 Å². The van der Waals surface area contributed by atoms with Gasteiger partial charge in [0, 0.05) is 0 Å². The van der Waals surface area contributed by atoms with E-state index in [0.29, 0.717) is 6.17 Å². The monoisotopic (exact) mass is 171 g/mol. The predicted molar refractivity (Wildman–Crippen MR) is 51.7 cm³/mol. The van der Waals surface area contributed by atoms with Crippen LogP contribution in [0.4, 0.5) is 0 Å². The van der Waals surface area contributed by atoms with Crippen molar-refractivity contribution in [3.8, 4) is 0 Å². The van der Waals surface area contributed by atoms with E-state index < -0.39 is 0 Å². The van der Waals surface area contributed by atoms with Crippen LogP contribution in [-0.4, -0.2) is 55.3 Å². The van der Waals surface area contributed by atoms with Gasteiger partial charge in [0.05, 0.1) is 19.5 Å². The Morgan fingerprint density at radius 1 is 1.08 bits per heavy atom. The van der Waals surface area contributed by atoms with Gasteiger partial charge in [-0.3, -0.25) is 14.7 Å². The Kier molecular flexibility index (Phi) is 3.50. The van der Waals surface area contributed by atoms with Crippen molar-refractivity contribution in [1.82, 2.24) is 14.7 Å². The van der Waals surface area contributed by atoms with Gasteiger partial charge in [-0.2, -0.15) is 0 Å². The molecule has 72 valence electrons. The van der Waals surface area contributed by atoms with E-state index in [0.717, 1.165) is 13.3 Å². The molecule has 3 nitrogen and oxygen atoms in total. The molecule has 1 saturated heterocycles. The van der Waals surface area contributed by atoms with Crippen LogP contribution in [0.3, 0.4) is 0 Å². The zero-order valence-electron chi connectivity index (χ0n) is 8.75. The highest BCUT2D eigenvalue weighted by atomic mass is 15.5. The molecule has 0 spiro atoms. The molecule has 0 aromatic rings. The normalized spacial score (nSPS) is 25.0. The highest BCUT2D eigenvalue weighted by molar-refractivity contribution is 4.72. The van der Waals surface area contributed by atoms with Gasteiger partial charge in [0.15, 0.2) is 0 Å². The zero-order valence-corrected chi connectivity index (χ0v) is 8.75. The third kappa shape index (κ3) is 2.19. The summed E-state index contributed by atoms with van der Waals surface area (Å²) in [5, 5.41) is 0. The highest BCUT2D eigenvalue weighted by Crippen LogP contribution is 2.14. The van der Waals surface area contributed by atoms with Crippen molar-refractivity contribution >= 4 is 0 Å². The Labute approximate surface area is 75.9 Å². The van der Waals surface area contributed by atoms with E-state index in [1.54, 1.807) is 0 Å². The molecule has 0 amide bonds. The van der Waals surface area contributed by atoms with Gasteiger partial charge in [0.2, 0.25) is 0 Å². The van der Waals surface area contributed by atoms with E-state index >= 15 is 0 Å². The Hall–Kier alpha value is -0.120. The molecular weight excluding hydrogens is 150 g/mol. The lowest BCUT2D eigenvalue weighted by Crippen LogP contribution is -2.57. The minimum atomic E-state index is 0.645. The standard InChI is InChI=1S/C9H21N3/c1-5-6-9-11(3)7-10(2)8-12(9)4/h9H,5-8H2,1-4H3. The average Bonchev–Trinajstić information content (AvgIpc) is 1.96. The first kappa shape index (κ1) is 9.96. The van der Waals surface area contributed by atoms with E-state index in [2.05, 4.69) is 42.8 Å². The molecular formula is C9H21N3. The Balaban J connectivity index is 2.48. The van der Waals surface area contributed by atoms with Crippen LogP contribution in [0.2, 0.25) is 0 Å². The van der Waals surface area contributed by atoms with Crippen molar-refractivity contribution in [3.05, 3.63) is 0 Å². The molecule has 0 unspecified atom stereocenters. The summed E-state index contributed by atoms with van der Waals surface area (Å²) in [4.78, 5) is 7.14. The summed E-state index contributed by atoms with van der Waals surface area (Å²) >= 11 is 0. The SMILES string of the molecule is CCCC1N(C)CN(C)CN1C. The zero-order chi connectivity index (χ0) is 9.14. The molecule has 1 aliphatic rings. The highest BCUT2D eigenvalue weighted by Gasteiger charge is 2.25. The van der Waals surface area contributed by atoms with Crippen LogP contribution in [0, 0.1) is 0 Å². The van der Waals surface area contributed by atoms with Gasteiger partial charge in [-0.25, -0.2) is 0 Å². The van der Waals surface area contributed by atoms with Gasteiger partial charge in [-0.15, -0.1) is 0 Å². The maximum atomic E-state index is 2.41. The second-order valence-electron chi connectivity index (χ2n) is 3.92. The minimum absolute atomic E-state index is 0.645. The quantitative estimate of drug-likeness (QED) is 0.609. The van der Waals surface area contributed by atoms with Gasteiger partial charge in [-0.1, -0.05) is 13.3 Å². The summed E-state index contributed by atoms with van der Waals surface area (Å²) in [5.41, 5.74) is 0. The smallest absolute Gasteiger partial charge is 0.0638 e. The molecule has 0 aromatic carbocycles. The fourth-order valence-corrected chi connectivity index (χ4v) is 2.03. The number of hydrogen-bond donors (Lipinski definition) is 0. The van der Waals surface area contributed by atoms with Crippen molar-refractivity contribution in [2.24, 2.45) is 0 Å². The fraction of sp³-hybridized carbons (Fsp3) is 1.00. The van der Waals surface area contributed by atoms with Gasteiger partial charge in [-0.05, 0) is 27.6 Å². The van der Waals surface area contributed by atoms with Gasteiger partial charge in [0.25, 0.3) is 0 Å². The molecule has 0 radical (unpaired) electrons. The van der Waals surface area contributed by atoms with Gasteiger partial charge in [0.1, 0.15) is 0 Å². The number of rotatable bonds is 2. The molecule has 0 bridgehead atoms. The van der Waals surface area contributed by atoms with E-state index in [9.17, 15) is 0 Å². The van der Waals surface area contributed by atoms with Crippen LogP contribution < -0.4 is 0 Å². The Morgan fingerprint density at radius 3 is 2.00 bits per heavy atom. The third-order valence-electron chi connectivity index (χ3n) is 2.49.